The van der Waals surface area contributed by atoms with Gasteiger partial charge in [-0.25, -0.2) is 0 Å². The third-order valence-corrected chi connectivity index (χ3v) is 2.39. The van der Waals surface area contributed by atoms with E-state index in [0.29, 0.717) is 0 Å². The van der Waals surface area contributed by atoms with Crippen LogP contribution in [0.4, 0.5) is 0 Å². The minimum Gasteiger partial charge on any atom is -0.469 e. The summed E-state index contributed by atoms with van der Waals surface area (Å²) in [6.07, 6.45) is 9.66. The van der Waals surface area contributed by atoms with Gasteiger partial charge in [-0.2, -0.15) is 0 Å². The summed E-state index contributed by atoms with van der Waals surface area (Å²) in [6, 6.07) is 3.95. The molecule has 1 aromatic rings. The van der Waals surface area contributed by atoms with E-state index in [0.717, 1.165) is 31.7 Å². The molecule has 1 heterocycles. The van der Waals surface area contributed by atoms with Crippen LogP contribution in [0.5, 0.6) is 0 Å². The van der Waals surface area contributed by atoms with Crippen molar-refractivity contribution in [1.82, 2.24) is 5.32 Å². The van der Waals surface area contributed by atoms with Gasteiger partial charge in [-0.1, -0.05) is 12.5 Å². The summed E-state index contributed by atoms with van der Waals surface area (Å²) < 4.78 is 5.24. The molecule has 0 atom stereocenters. The van der Waals surface area contributed by atoms with Gasteiger partial charge < -0.3 is 9.73 Å². The lowest BCUT2D eigenvalue weighted by molar-refractivity contribution is 0.496. The predicted molar refractivity (Wildman–Crippen MR) is 63.9 cm³/mol. The van der Waals surface area contributed by atoms with Crippen LogP contribution >= 0.6 is 0 Å². The molecule has 2 nitrogen and oxygen atoms in total. The Hall–Kier alpha value is -1.02. The van der Waals surface area contributed by atoms with Gasteiger partial charge in [0.2, 0.25) is 0 Å². The number of furan rings is 1. The van der Waals surface area contributed by atoms with E-state index >= 15 is 0 Å². The number of hydrogen-bond acceptors (Lipinski definition) is 2. The van der Waals surface area contributed by atoms with Gasteiger partial charge in [-0.3, -0.25) is 0 Å². The van der Waals surface area contributed by atoms with Crippen molar-refractivity contribution < 1.29 is 4.42 Å². The van der Waals surface area contributed by atoms with Crippen LogP contribution in [0.1, 0.15) is 31.4 Å². The molecule has 0 amide bonds. The van der Waals surface area contributed by atoms with Crippen LogP contribution in [-0.2, 0) is 6.42 Å². The summed E-state index contributed by atoms with van der Waals surface area (Å²) >= 11 is 0. The average molecular weight is 207 g/mol. The van der Waals surface area contributed by atoms with Crippen molar-refractivity contribution in [1.29, 1.82) is 0 Å². The van der Waals surface area contributed by atoms with Crippen LogP contribution in [-0.4, -0.2) is 13.1 Å². The van der Waals surface area contributed by atoms with Gasteiger partial charge in [-0.15, -0.1) is 6.58 Å². The Kier molecular flexibility index (Phi) is 6.67. The minimum atomic E-state index is 0.986. The Morgan fingerprint density at radius 1 is 1.27 bits per heavy atom. The molecule has 0 saturated carbocycles. The monoisotopic (exact) mass is 207 g/mol. The van der Waals surface area contributed by atoms with E-state index in [4.69, 9.17) is 4.42 Å². The van der Waals surface area contributed by atoms with Gasteiger partial charge in [-0.05, 0) is 37.9 Å². The van der Waals surface area contributed by atoms with Crippen LogP contribution in [0.2, 0.25) is 0 Å². The molecule has 1 aromatic heterocycles. The number of allylic oxidation sites excluding steroid dienone is 1. The van der Waals surface area contributed by atoms with Crippen molar-refractivity contribution in [2.24, 2.45) is 0 Å². The van der Waals surface area contributed by atoms with Crippen molar-refractivity contribution >= 4 is 0 Å². The molecule has 0 saturated heterocycles. The first-order valence-electron chi connectivity index (χ1n) is 5.77. The summed E-state index contributed by atoms with van der Waals surface area (Å²) in [5.74, 6) is 1.06. The Balaban J connectivity index is 1.83. The van der Waals surface area contributed by atoms with Gasteiger partial charge >= 0.3 is 0 Å². The van der Waals surface area contributed by atoms with E-state index in [1.807, 2.05) is 18.2 Å². The topological polar surface area (TPSA) is 25.2 Å². The number of unbranched alkanes of at least 4 members (excludes halogenated alkanes) is 3. The van der Waals surface area contributed by atoms with Crippen LogP contribution in [0.25, 0.3) is 0 Å². The molecular weight excluding hydrogens is 186 g/mol. The van der Waals surface area contributed by atoms with Crippen LogP contribution < -0.4 is 5.32 Å². The smallest absolute Gasteiger partial charge is 0.105 e. The zero-order valence-corrected chi connectivity index (χ0v) is 9.37. The fourth-order valence-electron chi connectivity index (χ4n) is 1.51. The van der Waals surface area contributed by atoms with Crippen LogP contribution in [0.3, 0.4) is 0 Å². The van der Waals surface area contributed by atoms with Gasteiger partial charge in [0.25, 0.3) is 0 Å². The molecule has 0 bridgehead atoms. The molecule has 0 radical (unpaired) electrons. The molecule has 84 valence electrons. The lowest BCUT2D eigenvalue weighted by Gasteiger charge is -2.02. The molecule has 0 aromatic carbocycles. The maximum Gasteiger partial charge on any atom is 0.105 e. The molecule has 0 aliphatic rings. The summed E-state index contributed by atoms with van der Waals surface area (Å²) in [5.41, 5.74) is 0. The van der Waals surface area contributed by atoms with E-state index in [1.165, 1.54) is 19.3 Å². The first-order valence-corrected chi connectivity index (χ1v) is 5.77. The number of nitrogens with one attached hydrogen (secondary N) is 1. The second-order valence-corrected chi connectivity index (χ2v) is 3.72. The predicted octanol–water partition coefficient (Wildman–Crippen LogP) is 3.16. The van der Waals surface area contributed by atoms with Gasteiger partial charge in [0, 0.05) is 13.0 Å². The quantitative estimate of drug-likeness (QED) is 0.497. The summed E-state index contributed by atoms with van der Waals surface area (Å²) in [5, 5.41) is 3.41. The Bertz CT molecular complexity index is 241. The van der Waals surface area contributed by atoms with Crippen LogP contribution in [0, 0.1) is 0 Å². The molecule has 0 fully saturated rings. The Morgan fingerprint density at radius 2 is 2.20 bits per heavy atom. The highest BCUT2D eigenvalue weighted by Crippen LogP contribution is 2.00. The van der Waals surface area contributed by atoms with Crippen molar-refractivity contribution in [2.75, 3.05) is 13.1 Å². The second-order valence-electron chi connectivity index (χ2n) is 3.72. The van der Waals surface area contributed by atoms with E-state index < -0.39 is 0 Å². The third-order valence-electron chi connectivity index (χ3n) is 2.39. The molecule has 1 N–H and O–H groups in total. The number of hydrogen-bond donors (Lipinski definition) is 1. The molecule has 0 aliphatic heterocycles. The lowest BCUT2D eigenvalue weighted by atomic mass is 10.2. The fourth-order valence-corrected chi connectivity index (χ4v) is 1.51. The van der Waals surface area contributed by atoms with Gasteiger partial charge in [0.05, 0.1) is 6.26 Å². The maximum absolute atomic E-state index is 5.24. The Morgan fingerprint density at radius 3 is 2.93 bits per heavy atom. The van der Waals surface area contributed by atoms with E-state index in [-0.39, 0.29) is 0 Å². The molecule has 2 heteroatoms. The molecule has 1 rings (SSSR count). The van der Waals surface area contributed by atoms with Crippen molar-refractivity contribution in [3.8, 4) is 0 Å². The van der Waals surface area contributed by atoms with E-state index in [2.05, 4.69) is 11.9 Å². The average Bonchev–Trinajstić information content (AvgIpc) is 2.75. The minimum absolute atomic E-state index is 0.986. The summed E-state index contributed by atoms with van der Waals surface area (Å²) in [6.45, 7) is 5.83. The van der Waals surface area contributed by atoms with Crippen molar-refractivity contribution in [2.45, 2.75) is 32.1 Å². The summed E-state index contributed by atoms with van der Waals surface area (Å²) in [4.78, 5) is 0. The van der Waals surface area contributed by atoms with E-state index in [9.17, 15) is 0 Å². The maximum atomic E-state index is 5.24. The standard InChI is InChI=1S/C13H21NO/c1-2-3-4-5-6-10-14-11-9-13-8-7-12-15-13/h2,7-8,12,14H,1,3-6,9-11H2. The van der Waals surface area contributed by atoms with Gasteiger partial charge in [0.15, 0.2) is 0 Å². The molecular formula is C13H21NO. The van der Waals surface area contributed by atoms with Crippen molar-refractivity contribution in [3.05, 3.63) is 36.8 Å². The molecule has 0 spiro atoms. The van der Waals surface area contributed by atoms with Crippen LogP contribution in [0.15, 0.2) is 35.5 Å². The summed E-state index contributed by atoms with van der Waals surface area (Å²) in [7, 11) is 0. The zero-order chi connectivity index (χ0) is 10.8. The third kappa shape index (κ3) is 6.13. The normalized spacial score (nSPS) is 10.4. The molecule has 0 aliphatic carbocycles. The first-order chi connectivity index (χ1) is 7.43. The zero-order valence-electron chi connectivity index (χ0n) is 9.37. The van der Waals surface area contributed by atoms with E-state index in [1.54, 1.807) is 6.26 Å². The highest BCUT2D eigenvalue weighted by atomic mass is 16.3. The second kappa shape index (κ2) is 8.30. The first kappa shape index (κ1) is 12.1. The van der Waals surface area contributed by atoms with Crippen molar-refractivity contribution in [3.63, 3.8) is 0 Å². The van der Waals surface area contributed by atoms with Gasteiger partial charge in [0.1, 0.15) is 5.76 Å². The SMILES string of the molecule is C=CCCCCCNCCc1ccco1. The fraction of sp³-hybridized carbons (Fsp3) is 0.538. The highest BCUT2D eigenvalue weighted by Gasteiger charge is 1.94. The Labute approximate surface area is 92.4 Å². The lowest BCUT2D eigenvalue weighted by Crippen LogP contribution is -2.18. The largest absolute Gasteiger partial charge is 0.469 e. The molecule has 15 heavy (non-hydrogen) atoms. The number of rotatable bonds is 9. The molecule has 0 unspecified atom stereocenters. The highest BCUT2D eigenvalue weighted by molar-refractivity contribution is 4.98.